The number of anilines is 1. The normalized spacial score (nSPS) is 11.5. The summed E-state index contributed by atoms with van der Waals surface area (Å²) in [6, 6.07) is 8.60. The first kappa shape index (κ1) is 16.7. The van der Waals surface area contributed by atoms with Gasteiger partial charge in [-0.2, -0.15) is 13.2 Å². The van der Waals surface area contributed by atoms with Crippen LogP contribution in [0.2, 0.25) is 0 Å². The molecule has 0 aliphatic carbocycles. The van der Waals surface area contributed by atoms with Gasteiger partial charge in [-0.15, -0.1) is 0 Å². The lowest BCUT2D eigenvalue weighted by Crippen LogP contribution is -2.15. The van der Waals surface area contributed by atoms with Crippen LogP contribution in [-0.2, 0) is 6.18 Å². The third kappa shape index (κ3) is 3.52. The fourth-order valence-electron chi connectivity index (χ4n) is 2.23. The van der Waals surface area contributed by atoms with Gasteiger partial charge in [0.05, 0.1) is 10.9 Å². The fourth-order valence-corrected chi connectivity index (χ4v) is 2.23. The zero-order valence-corrected chi connectivity index (χ0v) is 12.4. The molecular weight excluding hydrogens is 342 g/mol. The van der Waals surface area contributed by atoms with Crippen molar-refractivity contribution in [1.29, 1.82) is 0 Å². The summed E-state index contributed by atoms with van der Waals surface area (Å²) in [5, 5.41) is 2.45. The van der Waals surface area contributed by atoms with E-state index in [1.807, 2.05) is 0 Å². The minimum absolute atomic E-state index is 0.0457. The number of carbonyl (C=O) groups is 1. The van der Waals surface area contributed by atoms with E-state index >= 15 is 0 Å². The maximum Gasteiger partial charge on any atom is 0.416 e. The van der Waals surface area contributed by atoms with Crippen LogP contribution in [0.15, 0.2) is 57.7 Å². The number of hydrogen-bond donors (Lipinski definition) is 1. The topological polar surface area (TPSA) is 59.3 Å². The molecule has 0 atom stereocenters. The van der Waals surface area contributed by atoms with E-state index in [4.69, 9.17) is 4.42 Å². The highest BCUT2D eigenvalue weighted by Crippen LogP contribution is 2.30. The zero-order chi connectivity index (χ0) is 18.2. The van der Waals surface area contributed by atoms with Crippen LogP contribution in [0.4, 0.5) is 23.2 Å². The molecule has 8 heteroatoms. The van der Waals surface area contributed by atoms with E-state index in [-0.39, 0.29) is 16.5 Å². The quantitative estimate of drug-likeness (QED) is 0.704. The van der Waals surface area contributed by atoms with Crippen molar-refractivity contribution in [3.63, 3.8) is 0 Å². The van der Waals surface area contributed by atoms with Gasteiger partial charge in [0.1, 0.15) is 5.82 Å². The van der Waals surface area contributed by atoms with Crippen LogP contribution in [0.5, 0.6) is 0 Å². The molecule has 128 valence electrons. The van der Waals surface area contributed by atoms with E-state index in [1.54, 1.807) is 0 Å². The van der Waals surface area contributed by atoms with E-state index in [9.17, 15) is 27.2 Å². The summed E-state index contributed by atoms with van der Waals surface area (Å²) in [6.45, 7) is 0. The standard InChI is InChI=1S/C17H9F4NO3/c18-11-5-4-9-6-14(25-16(24)13(9)8-11)15(23)22-12-3-1-2-10(7-12)17(19,20)21/h1-8H,(H,22,23). The lowest BCUT2D eigenvalue weighted by atomic mass is 10.1. The van der Waals surface area contributed by atoms with Crippen LogP contribution in [-0.4, -0.2) is 5.91 Å². The zero-order valence-electron chi connectivity index (χ0n) is 12.4. The third-order valence-corrected chi connectivity index (χ3v) is 3.40. The highest BCUT2D eigenvalue weighted by Gasteiger charge is 2.30. The van der Waals surface area contributed by atoms with Crippen molar-refractivity contribution >= 4 is 22.4 Å². The monoisotopic (exact) mass is 351 g/mol. The van der Waals surface area contributed by atoms with Crippen molar-refractivity contribution in [3.8, 4) is 0 Å². The van der Waals surface area contributed by atoms with Crippen LogP contribution in [0.3, 0.4) is 0 Å². The Kier molecular flexibility index (Phi) is 4.03. The minimum atomic E-state index is -4.56. The predicted octanol–water partition coefficient (Wildman–Crippen LogP) is 4.20. The molecule has 1 heterocycles. The van der Waals surface area contributed by atoms with Gasteiger partial charge in [-0.05, 0) is 41.8 Å². The predicted molar refractivity (Wildman–Crippen MR) is 81.8 cm³/mol. The number of carbonyl (C=O) groups excluding carboxylic acids is 1. The first-order valence-corrected chi connectivity index (χ1v) is 6.96. The summed E-state index contributed by atoms with van der Waals surface area (Å²) in [7, 11) is 0. The number of nitrogens with one attached hydrogen (secondary N) is 1. The Bertz CT molecular complexity index is 1020. The summed E-state index contributed by atoms with van der Waals surface area (Å²) < 4.78 is 56.0. The minimum Gasteiger partial charge on any atom is -0.417 e. The molecule has 0 aliphatic heterocycles. The summed E-state index contributed by atoms with van der Waals surface area (Å²) in [5.41, 5.74) is -1.96. The molecule has 1 N–H and O–H groups in total. The second kappa shape index (κ2) is 6.04. The third-order valence-electron chi connectivity index (χ3n) is 3.40. The Morgan fingerprint density at radius 3 is 2.52 bits per heavy atom. The highest BCUT2D eigenvalue weighted by atomic mass is 19.4. The molecule has 4 nitrogen and oxygen atoms in total. The molecule has 1 amide bonds. The molecule has 0 unspecified atom stereocenters. The van der Waals surface area contributed by atoms with Crippen LogP contribution < -0.4 is 10.9 Å². The van der Waals surface area contributed by atoms with Crippen molar-refractivity contribution in [2.75, 3.05) is 5.32 Å². The van der Waals surface area contributed by atoms with Gasteiger partial charge in [-0.25, -0.2) is 9.18 Å². The van der Waals surface area contributed by atoms with Crippen molar-refractivity contribution in [2.45, 2.75) is 6.18 Å². The van der Waals surface area contributed by atoms with Crippen LogP contribution in [0.1, 0.15) is 16.1 Å². The first-order valence-electron chi connectivity index (χ1n) is 6.96. The Hall–Kier alpha value is -3.16. The van der Waals surface area contributed by atoms with E-state index in [1.165, 1.54) is 18.2 Å². The Morgan fingerprint density at radius 2 is 1.80 bits per heavy atom. The van der Waals surface area contributed by atoms with Gasteiger partial charge >= 0.3 is 11.8 Å². The second-order valence-corrected chi connectivity index (χ2v) is 5.16. The van der Waals surface area contributed by atoms with E-state index in [2.05, 4.69) is 5.32 Å². The molecule has 0 saturated heterocycles. The summed E-state index contributed by atoms with van der Waals surface area (Å²) in [6.07, 6.45) is -4.56. The number of alkyl halides is 3. The number of halogens is 4. The van der Waals surface area contributed by atoms with Crippen LogP contribution in [0.25, 0.3) is 10.8 Å². The number of amides is 1. The van der Waals surface area contributed by atoms with Crippen molar-refractivity contribution in [2.24, 2.45) is 0 Å². The fraction of sp³-hybridized carbons (Fsp3) is 0.0588. The van der Waals surface area contributed by atoms with E-state index < -0.39 is 34.8 Å². The van der Waals surface area contributed by atoms with Gasteiger partial charge in [0.15, 0.2) is 5.76 Å². The molecule has 0 fully saturated rings. The van der Waals surface area contributed by atoms with Crippen molar-refractivity contribution in [1.82, 2.24) is 0 Å². The van der Waals surface area contributed by atoms with Gasteiger partial charge in [0.25, 0.3) is 5.91 Å². The number of benzene rings is 2. The summed E-state index contributed by atoms with van der Waals surface area (Å²) in [4.78, 5) is 24.0. The molecule has 0 spiro atoms. The highest BCUT2D eigenvalue weighted by molar-refractivity contribution is 6.03. The first-order chi connectivity index (χ1) is 11.7. The molecule has 0 bridgehead atoms. The van der Waals surface area contributed by atoms with Crippen LogP contribution in [0, 0.1) is 5.82 Å². The SMILES string of the molecule is O=C(Nc1cccc(C(F)(F)F)c1)c1cc2ccc(F)cc2c(=O)o1. The van der Waals surface area contributed by atoms with E-state index in [0.717, 1.165) is 30.3 Å². The summed E-state index contributed by atoms with van der Waals surface area (Å²) >= 11 is 0. The lowest BCUT2D eigenvalue weighted by molar-refractivity contribution is -0.137. The maximum absolute atomic E-state index is 13.1. The lowest BCUT2D eigenvalue weighted by Gasteiger charge is -2.09. The number of hydrogen-bond acceptors (Lipinski definition) is 3. The van der Waals surface area contributed by atoms with Crippen molar-refractivity contribution in [3.05, 3.63) is 76.1 Å². The van der Waals surface area contributed by atoms with Crippen LogP contribution >= 0.6 is 0 Å². The average molecular weight is 351 g/mol. The average Bonchev–Trinajstić information content (AvgIpc) is 2.55. The Morgan fingerprint density at radius 1 is 1.04 bits per heavy atom. The largest absolute Gasteiger partial charge is 0.417 e. The Balaban J connectivity index is 1.93. The molecular formula is C17H9F4NO3. The molecule has 3 aromatic rings. The number of fused-ring (bicyclic) bond motifs is 1. The van der Waals surface area contributed by atoms with Crippen molar-refractivity contribution < 1.29 is 26.8 Å². The van der Waals surface area contributed by atoms with Gasteiger partial charge in [-0.3, -0.25) is 4.79 Å². The van der Waals surface area contributed by atoms with Gasteiger partial charge in [0, 0.05) is 5.69 Å². The summed E-state index contributed by atoms with van der Waals surface area (Å²) in [5.74, 6) is -1.94. The molecule has 3 rings (SSSR count). The molecule has 1 aromatic heterocycles. The number of rotatable bonds is 2. The van der Waals surface area contributed by atoms with E-state index in [0.29, 0.717) is 0 Å². The molecule has 0 saturated carbocycles. The van der Waals surface area contributed by atoms with Gasteiger partial charge in [0.2, 0.25) is 0 Å². The Labute approximate surface area is 137 Å². The van der Waals surface area contributed by atoms with Gasteiger partial charge in [-0.1, -0.05) is 12.1 Å². The second-order valence-electron chi connectivity index (χ2n) is 5.16. The maximum atomic E-state index is 13.1. The van der Waals surface area contributed by atoms with Gasteiger partial charge < -0.3 is 9.73 Å². The molecule has 2 aromatic carbocycles. The smallest absolute Gasteiger partial charge is 0.416 e. The molecule has 25 heavy (non-hydrogen) atoms. The molecule has 0 radical (unpaired) electrons. The molecule has 0 aliphatic rings.